The number of benzene rings is 2. The fourth-order valence-corrected chi connectivity index (χ4v) is 3.39. The Morgan fingerprint density at radius 3 is 2.46 bits per heavy atom. The van der Waals surface area contributed by atoms with E-state index in [0.717, 1.165) is 22.0 Å². The van der Waals surface area contributed by atoms with Crippen LogP contribution in [0.25, 0.3) is 10.9 Å². The van der Waals surface area contributed by atoms with Gasteiger partial charge in [-0.1, -0.05) is 18.2 Å². The smallest absolute Gasteiger partial charge is 0.252 e. The molecule has 0 saturated heterocycles. The van der Waals surface area contributed by atoms with Crippen LogP contribution in [0.2, 0.25) is 0 Å². The van der Waals surface area contributed by atoms with Crippen molar-refractivity contribution in [1.29, 1.82) is 0 Å². The number of ether oxygens (including phenoxy) is 2. The van der Waals surface area contributed by atoms with E-state index >= 15 is 0 Å². The van der Waals surface area contributed by atoms with Gasteiger partial charge >= 0.3 is 0 Å². The molecular weight excluding hydrogens is 356 g/mol. The van der Waals surface area contributed by atoms with Gasteiger partial charge in [0.2, 0.25) is 5.91 Å². The number of nitrogens with one attached hydrogen (secondary N) is 1. The number of pyridine rings is 1. The van der Waals surface area contributed by atoms with Gasteiger partial charge in [-0.05, 0) is 44.0 Å². The maximum atomic E-state index is 13.0. The van der Waals surface area contributed by atoms with Crippen molar-refractivity contribution in [3.8, 4) is 11.5 Å². The van der Waals surface area contributed by atoms with Crippen LogP contribution in [0.15, 0.2) is 47.3 Å². The molecule has 1 unspecified atom stereocenters. The topological polar surface area (TPSA) is 69.6 Å². The molecule has 0 fully saturated rings. The molecule has 146 valence electrons. The summed E-state index contributed by atoms with van der Waals surface area (Å²) in [5.41, 5.74) is 2.88. The molecule has 0 aliphatic heterocycles. The molecular formula is C22H24N2O4. The van der Waals surface area contributed by atoms with Crippen LogP contribution in [-0.2, 0) is 4.79 Å². The lowest BCUT2D eigenvalue weighted by Crippen LogP contribution is -2.32. The fraction of sp³-hybridized carbons (Fsp3) is 0.273. The zero-order chi connectivity index (χ0) is 20.4. The predicted octanol–water partition coefficient (Wildman–Crippen LogP) is 3.84. The summed E-state index contributed by atoms with van der Waals surface area (Å²) in [5.74, 6) is 0.790. The first kappa shape index (κ1) is 19.5. The quantitative estimate of drug-likeness (QED) is 0.730. The lowest BCUT2D eigenvalue weighted by Gasteiger charge is -2.20. The number of aromatic nitrogens is 1. The molecule has 1 N–H and O–H groups in total. The van der Waals surface area contributed by atoms with Gasteiger partial charge in [0.15, 0.2) is 0 Å². The number of nitrogens with zero attached hydrogens (tertiary/aromatic N) is 1. The summed E-state index contributed by atoms with van der Waals surface area (Å²) in [7, 11) is 3.08. The SMILES string of the molecule is COc1ccc(OC)c(NC(=O)C(C)n2c(=O)cc(C)c3cccc(C)c32)c1. The van der Waals surface area contributed by atoms with Crippen LogP contribution in [0.1, 0.15) is 24.1 Å². The highest BCUT2D eigenvalue weighted by molar-refractivity contribution is 5.96. The second kappa shape index (κ2) is 7.76. The summed E-state index contributed by atoms with van der Waals surface area (Å²) < 4.78 is 12.1. The Balaban J connectivity index is 2.05. The fourth-order valence-electron chi connectivity index (χ4n) is 3.39. The lowest BCUT2D eigenvalue weighted by atomic mass is 10.1. The third-order valence-corrected chi connectivity index (χ3v) is 4.91. The minimum absolute atomic E-state index is 0.209. The molecule has 2 aromatic carbocycles. The number of aryl methyl sites for hydroxylation is 2. The first-order valence-electron chi connectivity index (χ1n) is 9.01. The standard InChI is InChI=1S/C22H24N2O4/c1-13-7-6-8-17-14(2)11-20(25)24(21(13)17)15(3)22(26)23-18-12-16(27-4)9-10-19(18)28-5/h6-12,15H,1-5H3,(H,23,26). The highest BCUT2D eigenvalue weighted by Crippen LogP contribution is 2.30. The number of hydrogen-bond donors (Lipinski definition) is 1. The molecule has 1 atom stereocenters. The summed E-state index contributed by atoms with van der Waals surface area (Å²) in [6, 6.07) is 11.9. The van der Waals surface area contributed by atoms with Crippen LogP contribution < -0.4 is 20.3 Å². The van der Waals surface area contributed by atoms with E-state index in [1.165, 1.54) is 7.11 Å². The highest BCUT2D eigenvalue weighted by atomic mass is 16.5. The van der Waals surface area contributed by atoms with Gasteiger partial charge in [0, 0.05) is 17.5 Å². The Hall–Kier alpha value is -3.28. The monoisotopic (exact) mass is 380 g/mol. The molecule has 6 heteroatoms. The Bertz CT molecular complexity index is 1100. The van der Waals surface area contributed by atoms with E-state index in [1.54, 1.807) is 42.9 Å². The van der Waals surface area contributed by atoms with Crippen LogP contribution in [0.4, 0.5) is 5.69 Å². The van der Waals surface area contributed by atoms with Gasteiger partial charge in [-0.25, -0.2) is 0 Å². The van der Waals surface area contributed by atoms with Gasteiger partial charge in [0.05, 0.1) is 25.4 Å². The molecule has 1 amide bonds. The van der Waals surface area contributed by atoms with Crippen molar-refractivity contribution < 1.29 is 14.3 Å². The van der Waals surface area contributed by atoms with Crippen molar-refractivity contribution in [2.75, 3.05) is 19.5 Å². The van der Waals surface area contributed by atoms with Crippen molar-refractivity contribution in [2.24, 2.45) is 0 Å². The predicted molar refractivity (Wildman–Crippen MR) is 111 cm³/mol. The molecule has 1 aromatic heterocycles. The number of carbonyl (C=O) groups excluding carboxylic acids is 1. The van der Waals surface area contributed by atoms with E-state index < -0.39 is 6.04 Å². The molecule has 0 aliphatic carbocycles. The van der Waals surface area contributed by atoms with Crippen LogP contribution in [0.5, 0.6) is 11.5 Å². The third kappa shape index (κ3) is 3.45. The first-order chi connectivity index (χ1) is 13.4. The number of carbonyl (C=O) groups is 1. The number of fused-ring (bicyclic) bond motifs is 1. The summed E-state index contributed by atoms with van der Waals surface area (Å²) in [6.07, 6.45) is 0. The molecule has 3 aromatic rings. The van der Waals surface area contributed by atoms with Crippen LogP contribution >= 0.6 is 0 Å². The molecule has 0 saturated carbocycles. The van der Waals surface area contributed by atoms with E-state index in [-0.39, 0.29) is 11.5 Å². The zero-order valence-corrected chi connectivity index (χ0v) is 16.7. The second-order valence-electron chi connectivity index (χ2n) is 6.74. The van der Waals surface area contributed by atoms with Gasteiger partial charge in [-0.3, -0.25) is 14.2 Å². The normalized spacial score (nSPS) is 11.9. The first-order valence-corrected chi connectivity index (χ1v) is 9.01. The van der Waals surface area contributed by atoms with Crippen molar-refractivity contribution in [1.82, 2.24) is 4.57 Å². The summed E-state index contributed by atoms with van der Waals surface area (Å²) in [5, 5.41) is 3.81. The minimum atomic E-state index is -0.715. The Labute approximate surface area is 163 Å². The molecule has 0 radical (unpaired) electrons. The largest absolute Gasteiger partial charge is 0.497 e. The van der Waals surface area contributed by atoms with Gasteiger partial charge in [-0.15, -0.1) is 0 Å². The highest BCUT2D eigenvalue weighted by Gasteiger charge is 2.21. The number of anilines is 1. The average molecular weight is 380 g/mol. The summed E-state index contributed by atoms with van der Waals surface area (Å²) in [6.45, 7) is 5.55. The van der Waals surface area contributed by atoms with Gasteiger partial charge in [0.1, 0.15) is 17.5 Å². The molecule has 3 rings (SSSR count). The van der Waals surface area contributed by atoms with Crippen molar-refractivity contribution >= 4 is 22.5 Å². The number of hydrogen-bond acceptors (Lipinski definition) is 4. The third-order valence-electron chi connectivity index (χ3n) is 4.91. The van der Waals surface area contributed by atoms with Crippen molar-refractivity contribution in [3.63, 3.8) is 0 Å². The van der Waals surface area contributed by atoms with E-state index in [4.69, 9.17) is 9.47 Å². The second-order valence-corrected chi connectivity index (χ2v) is 6.74. The summed E-state index contributed by atoms with van der Waals surface area (Å²) in [4.78, 5) is 25.8. The Morgan fingerprint density at radius 1 is 1.04 bits per heavy atom. The number of rotatable bonds is 5. The summed E-state index contributed by atoms with van der Waals surface area (Å²) >= 11 is 0. The Kier molecular flexibility index (Phi) is 5.40. The zero-order valence-electron chi connectivity index (χ0n) is 16.7. The Morgan fingerprint density at radius 2 is 1.79 bits per heavy atom. The lowest BCUT2D eigenvalue weighted by molar-refractivity contribution is -0.118. The molecule has 0 aliphatic rings. The van der Waals surface area contributed by atoms with E-state index in [1.807, 2.05) is 32.0 Å². The van der Waals surface area contributed by atoms with E-state index in [0.29, 0.717) is 17.2 Å². The maximum absolute atomic E-state index is 13.0. The van der Waals surface area contributed by atoms with Crippen molar-refractivity contribution in [2.45, 2.75) is 26.8 Å². The molecule has 0 bridgehead atoms. The molecule has 0 spiro atoms. The van der Waals surface area contributed by atoms with Crippen LogP contribution in [0.3, 0.4) is 0 Å². The number of amides is 1. The van der Waals surface area contributed by atoms with Crippen LogP contribution in [0, 0.1) is 13.8 Å². The molecule has 1 heterocycles. The average Bonchev–Trinajstić information content (AvgIpc) is 2.68. The van der Waals surface area contributed by atoms with E-state index in [2.05, 4.69) is 5.32 Å². The van der Waals surface area contributed by atoms with Gasteiger partial charge in [-0.2, -0.15) is 0 Å². The van der Waals surface area contributed by atoms with Gasteiger partial charge in [0.25, 0.3) is 5.56 Å². The van der Waals surface area contributed by atoms with Crippen molar-refractivity contribution in [3.05, 3.63) is 63.9 Å². The van der Waals surface area contributed by atoms with Crippen LogP contribution in [-0.4, -0.2) is 24.7 Å². The maximum Gasteiger partial charge on any atom is 0.252 e. The minimum Gasteiger partial charge on any atom is -0.497 e. The molecule has 28 heavy (non-hydrogen) atoms. The number of methoxy groups -OCH3 is 2. The van der Waals surface area contributed by atoms with Gasteiger partial charge < -0.3 is 14.8 Å². The molecule has 6 nitrogen and oxygen atoms in total. The number of para-hydroxylation sites is 1. The van der Waals surface area contributed by atoms with E-state index in [9.17, 15) is 9.59 Å².